The zero-order valence-electron chi connectivity index (χ0n) is 8.87. The van der Waals surface area contributed by atoms with E-state index in [1.54, 1.807) is 0 Å². The lowest BCUT2D eigenvalue weighted by molar-refractivity contribution is 0.580. The van der Waals surface area contributed by atoms with E-state index >= 15 is 0 Å². The van der Waals surface area contributed by atoms with Gasteiger partial charge in [0.2, 0.25) is 0 Å². The number of nitrogens with zero attached hydrogens (tertiary/aromatic N) is 1. The van der Waals surface area contributed by atoms with Crippen molar-refractivity contribution >= 4 is 21.4 Å². The molecule has 16 heavy (non-hydrogen) atoms. The lowest BCUT2D eigenvalue weighted by Crippen LogP contribution is -2.08. The topological polar surface area (TPSA) is 47.0 Å². The van der Waals surface area contributed by atoms with Crippen LogP contribution in [0.1, 0.15) is 13.8 Å². The molecule has 6 heteroatoms. The van der Waals surface area contributed by atoms with Gasteiger partial charge in [-0.3, -0.25) is 0 Å². The summed E-state index contributed by atoms with van der Waals surface area (Å²) in [5.41, 5.74) is 0.352. The first-order valence-corrected chi connectivity index (χ1v) is 6.52. The van der Waals surface area contributed by atoms with E-state index in [2.05, 4.69) is 4.98 Å². The Hall–Kier alpha value is -0.940. The lowest BCUT2D eigenvalue weighted by atomic mass is 10.3. The van der Waals surface area contributed by atoms with Crippen molar-refractivity contribution in [1.82, 2.24) is 4.98 Å². The molecular weight excluding hydrogens is 253 g/mol. The van der Waals surface area contributed by atoms with E-state index in [0.717, 1.165) is 6.20 Å². The molecule has 0 radical (unpaired) electrons. The maximum Gasteiger partial charge on any atom is 0.186 e. The number of allylic oxidation sites excluding steroid dienone is 1. The molecular formula is C10H11ClFNO2S. The Balaban J connectivity index is 3.04. The molecule has 0 unspecified atom stereocenters. The summed E-state index contributed by atoms with van der Waals surface area (Å²) in [5.74, 6) is -1.28. The second kappa shape index (κ2) is 4.93. The molecule has 1 heterocycles. The van der Waals surface area contributed by atoms with Crippen molar-refractivity contribution in [2.45, 2.75) is 18.7 Å². The number of hydrogen-bond donors (Lipinski definition) is 0. The summed E-state index contributed by atoms with van der Waals surface area (Å²) in [5, 5.41) is 0.196. The molecule has 0 N–H and O–H groups in total. The predicted molar refractivity (Wildman–Crippen MR) is 60.8 cm³/mol. The fourth-order valence-corrected chi connectivity index (χ4v) is 2.33. The number of aromatic nitrogens is 1. The molecule has 0 amide bonds. The molecule has 0 saturated carbocycles. The summed E-state index contributed by atoms with van der Waals surface area (Å²) in [6, 6.07) is 2.66. The van der Waals surface area contributed by atoms with Gasteiger partial charge in [-0.25, -0.2) is 17.8 Å². The molecule has 0 aliphatic heterocycles. The monoisotopic (exact) mass is 263 g/mol. The van der Waals surface area contributed by atoms with Gasteiger partial charge in [0.15, 0.2) is 9.84 Å². The van der Waals surface area contributed by atoms with Gasteiger partial charge in [0, 0.05) is 6.20 Å². The highest BCUT2D eigenvalue weighted by atomic mass is 35.5. The molecule has 88 valence electrons. The summed E-state index contributed by atoms with van der Waals surface area (Å²) in [4.78, 5) is 3.61. The predicted octanol–water partition coefficient (Wildman–Crippen LogP) is 2.77. The summed E-state index contributed by atoms with van der Waals surface area (Å²) in [7, 11) is -3.68. The van der Waals surface area contributed by atoms with Crippen molar-refractivity contribution in [1.29, 1.82) is 0 Å². The van der Waals surface area contributed by atoms with Gasteiger partial charge in [-0.15, -0.1) is 0 Å². The minimum atomic E-state index is -3.68. The highest BCUT2D eigenvalue weighted by molar-refractivity contribution is 7.91. The van der Waals surface area contributed by atoms with Crippen LogP contribution in [0.3, 0.4) is 0 Å². The summed E-state index contributed by atoms with van der Waals surface area (Å²) in [6.07, 6.45) is 1.12. The number of rotatable bonds is 3. The van der Waals surface area contributed by atoms with Crippen molar-refractivity contribution in [3.63, 3.8) is 0 Å². The number of pyridine rings is 1. The SMILES string of the molecule is CC(C)=C(F)CS(=O)(=O)c1ccc(Cl)nc1. The molecule has 0 aromatic carbocycles. The zero-order chi connectivity index (χ0) is 12.3. The summed E-state index contributed by atoms with van der Waals surface area (Å²) in [6.45, 7) is 3.04. The van der Waals surface area contributed by atoms with Gasteiger partial charge in [0.05, 0.1) is 4.90 Å². The lowest BCUT2D eigenvalue weighted by Gasteiger charge is -2.03. The normalized spacial score (nSPS) is 11.2. The Kier molecular flexibility index (Phi) is 4.04. The van der Waals surface area contributed by atoms with E-state index in [0.29, 0.717) is 5.57 Å². The van der Waals surface area contributed by atoms with E-state index in [9.17, 15) is 12.8 Å². The van der Waals surface area contributed by atoms with Crippen molar-refractivity contribution < 1.29 is 12.8 Å². The van der Waals surface area contributed by atoms with E-state index in [1.165, 1.54) is 26.0 Å². The summed E-state index contributed by atoms with van der Waals surface area (Å²) >= 11 is 5.53. The van der Waals surface area contributed by atoms with Crippen LogP contribution in [0.5, 0.6) is 0 Å². The minimum Gasteiger partial charge on any atom is -0.243 e. The molecule has 0 aliphatic rings. The van der Waals surface area contributed by atoms with Crippen LogP contribution in [0, 0.1) is 0 Å². The van der Waals surface area contributed by atoms with Gasteiger partial charge in [0.1, 0.15) is 16.7 Å². The van der Waals surface area contributed by atoms with Crippen LogP contribution in [0.2, 0.25) is 5.15 Å². The van der Waals surface area contributed by atoms with Crippen LogP contribution in [0.4, 0.5) is 4.39 Å². The Morgan fingerprint density at radius 1 is 1.44 bits per heavy atom. The molecule has 3 nitrogen and oxygen atoms in total. The van der Waals surface area contributed by atoms with E-state index in [4.69, 9.17) is 11.6 Å². The highest BCUT2D eigenvalue weighted by Gasteiger charge is 2.17. The van der Waals surface area contributed by atoms with Crippen LogP contribution in [-0.2, 0) is 9.84 Å². The van der Waals surface area contributed by atoms with Crippen molar-refractivity contribution in [2.75, 3.05) is 5.75 Å². The molecule has 0 atom stereocenters. The molecule has 1 aromatic heterocycles. The van der Waals surface area contributed by atoms with Gasteiger partial charge in [0.25, 0.3) is 0 Å². The number of hydrogen-bond acceptors (Lipinski definition) is 3. The smallest absolute Gasteiger partial charge is 0.186 e. The molecule has 1 aromatic rings. The maximum atomic E-state index is 13.2. The Labute approximate surface area is 98.9 Å². The average molecular weight is 264 g/mol. The highest BCUT2D eigenvalue weighted by Crippen LogP contribution is 2.17. The van der Waals surface area contributed by atoms with E-state index in [1.807, 2.05) is 0 Å². The third-order valence-electron chi connectivity index (χ3n) is 1.92. The fraction of sp³-hybridized carbons (Fsp3) is 0.300. The molecule has 0 bridgehead atoms. The molecule has 1 rings (SSSR count). The van der Waals surface area contributed by atoms with Gasteiger partial charge >= 0.3 is 0 Å². The van der Waals surface area contributed by atoms with Crippen molar-refractivity contribution in [2.24, 2.45) is 0 Å². The zero-order valence-corrected chi connectivity index (χ0v) is 10.4. The first-order valence-electron chi connectivity index (χ1n) is 4.49. The van der Waals surface area contributed by atoms with Gasteiger partial charge < -0.3 is 0 Å². The van der Waals surface area contributed by atoms with Crippen molar-refractivity contribution in [3.05, 3.63) is 34.9 Å². The van der Waals surface area contributed by atoms with Gasteiger partial charge in [-0.2, -0.15) is 0 Å². The van der Waals surface area contributed by atoms with Crippen LogP contribution in [0.15, 0.2) is 34.6 Å². The van der Waals surface area contributed by atoms with E-state index < -0.39 is 21.4 Å². The molecule has 0 fully saturated rings. The molecule has 0 spiro atoms. The van der Waals surface area contributed by atoms with Crippen LogP contribution >= 0.6 is 11.6 Å². The largest absolute Gasteiger partial charge is 0.243 e. The fourth-order valence-electron chi connectivity index (χ4n) is 0.941. The Morgan fingerprint density at radius 3 is 2.50 bits per heavy atom. The first kappa shape index (κ1) is 13.1. The minimum absolute atomic E-state index is 0.0340. The quantitative estimate of drug-likeness (QED) is 0.788. The summed E-state index contributed by atoms with van der Waals surface area (Å²) < 4.78 is 36.6. The standard InChI is InChI=1S/C10H11ClFNO2S/c1-7(2)9(12)6-16(14,15)8-3-4-10(11)13-5-8/h3-5H,6H2,1-2H3. The first-order chi connectivity index (χ1) is 7.33. The Morgan fingerprint density at radius 2 is 2.06 bits per heavy atom. The van der Waals surface area contributed by atoms with Crippen LogP contribution in [0.25, 0.3) is 0 Å². The number of halogens is 2. The molecule has 0 saturated heterocycles. The van der Waals surface area contributed by atoms with Crippen LogP contribution in [-0.4, -0.2) is 19.2 Å². The average Bonchev–Trinajstić information content (AvgIpc) is 2.17. The van der Waals surface area contributed by atoms with E-state index in [-0.39, 0.29) is 10.0 Å². The Bertz CT molecular complexity index is 504. The maximum absolute atomic E-state index is 13.2. The van der Waals surface area contributed by atoms with Gasteiger partial charge in [-0.05, 0) is 31.6 Å². The van der Waals surface area contributed by atoms with Gasteiger partial charge in [-0.1, -0.05) is 11.6 Å². The third kappa shape index (κ3) is 3.28. The van der Waals surface area contributed by atoms with Crippen LogP contribution < -0.4 is 0 Å². The number of sulfone groups is 1. The second-order valence-electron chi connectivity index (χ2n) is 3.48. The molecule has 0 aliphatic carbocycles. The second-order valence-corrected chi connectivity index (χ2v) is 5.86. The third-order valence-corrected chi connectivity index (χ3v) is 3.74. The van der Waals surface area contributed by atoms with Crippen molar-refractivity contribution in [3.8, 4) is 0 Å².